The molecular formula is C18H15N5O2S. The molecule has 0 fully saturated rings. The Labute approximate surface area is 153 Å². The third kappa shape index (κ3) is 3.40. The molecule has 0 aliphatic heterocycles. The highest BCUT2D eigenvalue weighted by Crippen LogP contribution is 2.20. The number of nitrogens with zero attached hydrogens (tertiary/aromatic N) is 4. The molecule has 2 aromatic heterocycles. The van der Waals surface area contributed by atoms with Crippen molar-refractivity contribution in [1.82, 2.24) is 19.8 Å². The number of anilines is 1. The van der Waals surface area contributed by atoms with Crippen LogP contribution in [-0.4, -0.2) is 25.7 Å². The number of carbonyl (C=O) groups excluding carboxylic acids is 1. The lowest BCUT2D eigenvalue weighted by atomic mass is 10.2. The average molecular weight is 365 g/mol. The first-order valence-corrected chi connectivity index (χ1v) is 8.78. The van der Waals surface area contributed by atoms with Crippen LogP contribution in [0.4, 0.5) is 5.13 Å². The van der Waals surface area contributed by atoms with Crippen molar-refractivity contribution >= 4 is 27.3 Å². The Bertz CT molecular complexity index is 1040. The highest BCUT2D eigenvalue weighted by molar-refractivity contribution is 7.20. The van der Waals surface area contributed by atoms with Crippen LogP contribution in [0.15, 0.2) is 54.6 Å². The molecule has 130 valence electrons. The van der Waals surface area contributed by atoms with Gasteiger partial charge in [0.15, 0.2) is 5.82 Å². The third-order valence-corrected chi connectivity index (χ3v) is 4.52. The fraction of sp³-hybridized carbons (Fsp3) is 0.111. The van der Waals surface area contributed by atoms with Gasteiger partial charge in [-0.2, -0.15) is 4.52 Å². The van der Waals surface area contributed by atoms with Gasteiger partial charge in [-0.25, -0.2) is 0 Å². The van der Waals surface area contributed by atoms with E-state index in [2.05, 4.69) is 20.6 Å². The molecule has 8 heteroatoms. The van der Waals surface area contributed by atoms with Crippen LogP contribution in [0.3, 0.4) is 0 Å². The number of amides is 1. The highest BCUT2D eigenvalue weighted by Gasteiger charge is 2.14. The molecule has 4 rings (SSSR count). The largest absolute Gasteiger partial charge is 0.486 e. The molecule has 26 heavy (non-hydrogen) atoms. The summed E-state index contributed by atoms with van der Waals surface area (Å²) >= 11 is 1.26. The van der Waals surface area contributed by atoms with Crippen molar-refractivity contribution in [2.24, 2.45) is 0 Å². The second-order valence-electron chi connectivity index (χ2n) is 5.64. The molecule has 2 heterocycles. The molecule has 0 saturated heterocycles. The van der Waals surface area contributed by atoms with Crippen LogP contribution in [0.1, 0.15) is 21.7 Å². The van der Waals surface area contributed by atoms with Gasteiger partial charge in [-0.05, 0) is 31.2 Å². The number of carbonyl (C=O) groups is 1. The van der Waals surface area contributed by atoms with E-state index in [-0.39, 0.29) is 12.5 Å². The molecule has 7 nitrogen and oxygen atoms in total. The number of hydrogen-bond donors (Lipinski definition) is 1. The molecule has 0 bridgehead atoms. The van der Waals surface area contributed by atoms with Gasteiger partial charge < -0.3 is 4.74 Å². The predicted molar refractivity (Wildman–Crippen MR) is 98.6 cm³/mol. The standard InChI is InChI=1S/C18H15N5O2S/c1-12-7-9-14(10-8-12)25-11-15-20-21-18-23(15)22-17(26-18)19-16(24)13-5-3-2-4-6-13/h2-10H,11H2,1H3,(H,19,22,24). The summed E-state index contributed by atoms with van der Waals surface area (Å²) in [7, 11) is 0. The Morgan fingerprint density at radius 2 is 1.88 bits per heavy atom. The Balaban J connectivity index is 1.48. The molecule has 0 saturated carbocycles. The maximum atomic E-state index is 12.2. The van der Waals surface area contributed by atoms with Crippen molar-refractivity contribution in [3.63, 3.8) is 0 Å². The van der Waals surface area contributed by atoms with Gasteiger partial charge in [-0.15, -0.1) is 15.3 Å². The Kier molecular flexibility index (Phi) is 4.32. The Morgan fingerprint density at radius 3 is 2.65 bits per heavy atom. The maximum Gasteiger partial charge on any atom is 0.257 e. The first-order chi connectivity index (χ1) is 12.7. The first kappa shape index (κ1) is 16.2. The van der Waals surface area contributed by atoms with Crippen LogP contribution >= 0.6 is 11.3 Å². The molecule has 0 unspecified atom stereocenters. The van der Waals surface area contributed by atoms with Crippen molar-refractivity contribution in [1.29, 1.82) is 0 Å². The summed E-state index contributed by atoms with van der Waals surface area (Å²) < 4.78 is 7.31. The van der Waals surface area contributed by atoms with Crippen molar-refractivity contribution in [2.45, 2.75) is 13.5 Å². The van der Waals surface area contributed by atoms with Gasteiger partial charge in [0, 0.05) is 5.56 Å². The summed E-state index contributed by atoms with van der Waals surface area (Å²) in [6, 6.07) is 16.7. The SMILES string of the molecule is Cc1ccc(OCc2nnc3sc(NC(=O)c4ccccc4)nn23)cc1. The van der Waals surface area contributed by atoms with Crippen molar-refractivity contribution in [3.05, 3.63) is 71.5 Å². The molecule has 0 spiro atoms. The van der Waals surface area contributed by atoms with Crippen LogP contribution in [-0.2, 0) is 6.61 Å². The van der Waals surface area contributed by atoms with Gasteiger partial charge in [-0.1, -0.05) is 47.2 Å². The zero-order chi connectivity index (χ0) is 17.9. The van der Waals surface area contributed by atoms with E-state index in [1.807, 2.05) is 49.4 Å². The molecule has 0 aliphatic carbocycles. The van der Waals surface area contributed by atoms with Gasteiger partial charge in [0.05, 0.1) is 0 Å². The summed E-state index contributed by atoms with van der Waals surface area (Å²) in [6.45, 7) is 2.26. The number of aromatic nitrogens is 4. The van der Waals surface area contributed by atoms with Gasteiger partial charge in [0.1, 0.15) is 12.4 Å². The van der Waals surface area contributed by atoms with Gasteiger partial charge in [0.25, 0.3) is 5.91 Å². The predicted octanol–water partition coefficient (Wildman–Crippen LogP) is 3.33. The van der Waals surface area contributed by atoms with Crippen LogP contribution in [0.5, 0.6) is 5.75 Å². The van der Waals surface area contributed by atoms with Gasteiger partial charge >= 0.3 is 0 Å². The molecule has 0 atom stereocenters. The second kappa shape index (κ2) is 6.93. The van der Waals surface area contributed by atoms with E-state index in [0.29, 0.717) is 21.5 Å². The van der Waals surface area contributed by atoms with Crippen LogP contribution < -0.4 is 10.1 Å². The molecular weight excluding hydrogens is 350 g/mol. The van der Waals surface area contributed by atoms with Crippen LogP contribution in [0, 0.1) is 6.92 Å². The maximum absolute atomic E-state index is 12.2. The summed E-state index contributed by atoms with van der Waals surface area (Å²) in [5.41, 5.74) is 1.74. The molecule has 4 aromatic rings. The van der Waals surface area contributed by atoms with Crippen molar-refractivity contribution in [3.8, 4) is 5.75 Å². The van der Waals surface area contributed by atoms with E-state index in [0.717, 1.165) is 5.75 Å². The summed E-state index contributed by atoms with van der Waals surface area (Å²) in [4.78, 5) is 12.8. The van der Waals surface area contributed by atoms with E-state index in [9.17, 15) is 4.79 Å². The summed E-state index contributed by atoms with van der Waals surface area (Å²) in [5.74, 6) is 1.10. The summed E-state index contributed by atoms with van der Waals surface area (Å²) in [6.07, 6.45) is 0. The van der Waals surface area contributed by atoms with E-state index < -0.39 is 0 Å². The number of hydrogen-bond acceptors (Lipinski definition) is 6. The lowest BCUT2D eigenvalue weighted by molar-refractivity contribution is 0.102. The topological polar surface area (TPSA) is 81.4 Å². The number of benzene rings is 2. The lowest BCUT2D eigenvalue weighted by Gasteiger charge is -2.04. The minimum Gasteiger partial charge on any atom is -0.486 e. The van der Waals surface area contributed by atoms with Crippen molar-refractivity contribution < 1.29 is 9.53 Å². The summed E-state index contributed by atoms with van der Waals surface area (Å²) in [5, 5.41) is 15.8. The first-order valence-electron chi connectivity index (χ1n) is 7.96. The number of fused-ring (bicyclic) bond motifs is 1. The van der Waals surface area contributed by atoms with E-state index in [4.69, 9.17) is 4.74 Å². The van der Waals surface area contributed by atoms with Crippen LogP contribution in [0.25, 0.3) is 4.96 Å². The quantitative estimate of drug-likeness (QED) is 0.587. The molecule has 1 N–H and O–H groups in total. The monoisotopic (exact) mass is 365 g/mol. The Hall–Kier alpha value is -3.26. The third-order valence-electron chi connectivity index (χ3n) is 3.70. The van der Waals surface area contributed by atoms with Crippen LogP contribution in [0.2, 0.25) is 0 Å². The number of rotatable bonds is 5. The zero-order valence-electron chi connectivity index (χ0n) is 13.9. The molecule has 1 amide bonds. The molecule has 2 aromatic carbocycles. The average Bonchev–Trinajstić information content (AvgIpc) is 3.22. The van der Waals surface area contributed by atoms with E-state index in [1.165, 1.54) is 16.9 Å². The molecule has 0 radical (unpaired) electrons. The zero-order valence-corrected chi connectivity index (χ0v) is 14.7. The molecule has 0 aliphatic rings. The highest BCUT2D eigenvalue weighted by atomic mass is 32.1. The normalized spacial score (nSPS) is 10.8. The fourth-order valence-electron chi connectivity index (χ4n) is 2.34. The van der Waals surface area contributed by atoms with Gasteiger partial charge in [-0.3, -0.25) is 10.1 Å². The van der Waals surface area contributed by atoms with E-state index >= 15 is 0 Å². The smallest absolute Gasteiger partial charge is 0.257 e. The fourth-order valence-corrected chi connectivity index (χ4v) is 3.09. The second-order valence-corrected chi connectivity index (χ2v) is 6.60. The number of ether oxygens (including phenoxy) is 1. The van der Waals surface area contributed by atoms with E-state index in [1.54, 1.807) is 16.6 Å². The van der Waals surface area contributed by atoms with Gasteiger partial charge in [0.2, 0.25) is 10.1 Å². The van der Waals surface area contributed by atoms with Crippen molar-refractivity contribution in [2.75, 3.05) is 5.32 Å². The minimum absolute atomic E-state index is 0.215. The lowest BCUT2D eigenvalue weighted by Crippen LogP contribution is -2.12. The minimum atomic E-state index is -0.215. The number of nitrogens with one attached hydrogen (secondary N) is 1. The number of aryl methyl sites for hydroxylation is 1. The Morgan fingerprint density at radius 1 is 1.12 bits per heavy atom.